The lowest BCUT2D eigenvalue weighted by Crippen LogP contribution is -2.40. The maximum Gasteiger partial charge on any atom is 0.335 e. The van der Waals surface area contributed by atoms with E-state index < -0.39 is 5.97 Å². The number of fused-ring (bicyclic) bond motifs is 1. The highest BCUT2D eigenvalue weighted by molar-refractivity contribution is 6.02. The SMILES string of the molecule is CC.O=C(O)c1ccc(-c2ccnc3ccc(C(=O)N4CCOCC4)cc23)cc1. The van der Waals surface area contributed by atoms with Gasteiger partial charge in [0.2, 0.25) is 0 Å². The first-order valence-corrected chi connectivity index (χ1v) is 9.73. The quantitative estimate of drug-likeness (QED) is 0.726. The highest BCUT2D eigenvalue weighted by Gasteiger charge is 2.19. The normalized spacial score (nSPS) is 13.5. The average Bonchev–Trinajstić information content (AvgIpc) is 2.80. The maximum absolute atomic E-state index is 12.8. The number of carboxylic acids is 1. The molecule has 6 nitrogen and oxygen atoms in total. The molecule has 1 N–H and O–H groups in total. The van der Waals surface area contributed by atoms with E-state index >= 15 is 0 Å². The Morgan fingerprint density at radius 3 is 2.28 bits per heavy atom. The number of rotatable bonds is 3. The Bertz CT molecular complexity index is 1010. The van der Waals surface area contributed by atoms with Crippen LogP contribution in [0.4, 0.5) is 0 Å². The van der Waals surface area contributed by atoms with Crippen molar-refractivity contribution in [1.29, 1.82) is 0 Å². The molecule has 0 atom stereocenters. The summed E-state index contributed by atoms with van der Waals surface area (Å²) in [5.74, 6) is -0.976. The van der Waals surface area contributed by atoms with Crippen molar-refractivity contribution in [3.05, 3.63) is 65.9 Å². The summed E-state index contributed by atoms with van der Waals surface area (Å²) in [7, 11) is 0. The number of carbonyl (C=O) groups excluding carboxylic acids is 1. The summed E-state index contributed by atoms with van der Waals surface area (Å²) in [4.78, 5) is 30.0. The molecule has 0 saturated carbocycles. The molecule has 29 heavy (non-hydrogen) atoms. The Morgan fingerprint density at radius 2 is 1.62 bits per heavy atom. The van der Waals surface area contributed by atoms with Crippen molar-refractivity contribution in [2.45, 2.75) is 13.8 Å². The van der Waals surface area contributed by atoms with Gasteiger partial charge in [-0.1, -0.05) is 26.0 Å². The van der Waals surface area contributed by atoms with Crippen LogP contribution < -0.4 is 0 Å². The van der Waals surface area contributed by atoms with Crippen LogP contribution in [0.2, 0.25) is 0 Å². The molecule has 4 rings (SSSR count). The number of pyridine rings is 1. The summed E-state index contributed by atoms with van der Waals surface area (Å²) in [5, 5.41) is 9.94. The zero-order chi connectivity index (χ0) is 20.8. The lowest BCUT2D eigenvalue weighted by Gasteiger charge is -2.27. The summed E-state index contributed by atoms with van der Waals surface area (Å²) < 4.78 is 5.31. The van der Waals surface area contributed by atoms with Gasteiger partial charge in [0.25, 0.3) is 5.91 Å². The lowest BCUT2D eigenvalue weighted by atomic mass is 9.98. The predicted molar refractivity (Wildman–Crippen MR) is 112 cm³/mol. The molecule has 3 aromatic rings. The van der Waals surface area contributed by atoms with E-state index in [4.69, 9.17) is 9.84 Å². The van der Waals surface area contributed by atoms with Crippen molar-refractivity contribution in [1.82, 2.24) is 9.88 Å². The number of ether oxygens (including phenoxy) is 1. The number of carboxylic acid groups (broad SMARTS) is 1. The van der Waals surface area contributed by atoms with Crippen LogP contribution in [0.15, 0.2) is 54.7 Å². The van der Waals surface area contributed by atoms with Crippen LogP contribution in [0.5, 0.6) is 0 Å². The van der Waals surface area contributed by atoms with Crippen LogP contribution in [-0.2, 0) is 4.74 Å². The van der Waals surface area contributed by atoms with Gasteiger partial charge in [-0.2, -0.15) is 0 Å². The van der Waals surface area contributed by atoms with E-state index in [0.29, 0.717) is 31.9 Å². The second-order valence-electron chi connectivity index (χ2n) is 6.38. The number of hydrogen-bond donors (Lipinski definition) is 1. The summed E-state index contributed by atoms with van der Waals surface area (Å²) in [6.45, 7) is 6.30. The molecule has 1 fully saturated rings. The molecule has 1 amide bonds. The van der Waals surface area contributed by atoms with Crippen LogP contribution in [0.1, 0.15) is 34.6 Å². The van der Waals surface area contributed by atoms with Crippen LogP contribution in [0.25, 0.3) is 22.0 Å². The van der Waals surface area contributed by atoms with Gasteiger partial charge in [0.1, 0.15) is 0 Å². The van der Waals surface area contributed by atoms with E-state index in [9.17, 15) is 9.59 Å². The second kappa shape index (κ2) is 9.30. The number of benzene rings is 2. The molecule has 0 aliphatic carbocycles. The first-order valence-electron chi connectivity index (χ1n) is 9.73. The Balaban J connectivity index is 0.00000117. The van der Waals surface area contributed by atoms with Crippen molar-refractivity contribution in [2.75, 3.05) is 26.3 Å². The third-order valence-corrected chi connectivity index (χ3v) is 4.73. The molecule has 0 unspecified atom stereocenters. The Morgan fingerprint density at radius 1 is 0.966 bits per heavy atom. The third kappa shape index (κ3) is 4.43. The van der Waals surface area contributed by atoms with Crippen LogP contribution in [-0.4, -0.2) is 53.2 Å². The number of aromatic carboxylic acids is 1. The van der Waals surface area contributed by atoms with Crippen molar-refractivity contribution in [2.24, 2.45) is 0 Å². The van der Waals surface area contributed by atoms with Gasteiger partial charge in [-0.15, -0.1) is 0 Å². The molecule has 6 heteroatoms. The van der Waals surface area contributed by atoms with Gasteiger partial charge in [-0.25, -0.2) is 4.79 Å². The molecular formula is C23H24N2O4. The zero-order valence-electron chi connectivity index (χ0n) is 16.6. The van der Waals surface area contributed by atoms with Gasteiger partial charge < -0.3 is 14.7 Å². The Hall–Kier alpha value is -3.25. The third-order valence-electron chi connectivity index (χ3n) is 4.73. The van der Waals surface area contributed by atoms with Gasteiger partial charge in [0.15, 0.2) is 0 Å². The highest BCUT2D eigenvalue weighted by Crippen LogP contribution is 2.29. The van der Waals surface area contributed by atoms with Gasteiger partial charge in [0, 0.05) is 30.2 Å². The monoisotopic (exact) mass is 392 g/mol. The molecule has 150 valence electrons. The maximum atomic E-state index is 12.8. The van der Waals surface area contributed by atoms with E-state index in [-0.39, 0.29) is 11.5 Å². The molecule has 2 heterocycles. The molecule has 1 aliphatic rings. The molecule has 2 aromatic carbocycles. The van der Waals surface area contributed by atoms with Gasteiger partial charge in [-0.05, 0) is 47.5 Å². The standard InChI is InChI=1S/C21H18N2O4.C2H6/c24-20(23-9-11-27-12-10-23)16-5-6-19-18(13-16)17(7-8-22-19)14-1-3-15(4-2-14)21(25)26;1-2/h1-8,13H,9-12H2,(H,25,26);1-2H3. The average molecular weight is 392 g/mol. The number of hydrogen-bond acceptors (Lipinski definition) is 4. The van der Waals surface area contributed by atoms with E-state index in [1.807, 2.05) is 32.0 Å². The lowest BCUT2D eigenvalue weighted by molar-refractivity contribution is 0.0303. The number of morpholine rings is 1. The molecular weight excluding hydrogens is 368 g/mol. The summed E-state index contributed by atoms with van der Waals surface area (Å²) in [6.07, 6.45) is 1.71. The topological polar surface area (TPSA) is 79.7 Å². The molecule has 0 radical (unpaired) electrons. The number of amides is 1. The van der Waals surface area contributed by atoms with E-state index in [1.54, 1.807) is 41.4 Å². The molecule has 1 aliphatic heterocycles. The van der Waals surface area contributed by atoms with Crippen molar-refractivity contribution < 1.29 is 19.4 Å². The van der Waals surface area contributed by atoms with Gasteiger partial charge in [-0.3, -0.25) is 9.78 Å². The van der Waals surface area contributed by atoms with Crippen LogP contribution >= 0.6 is 0 Å². The molecule has 0 bridgehead atoms. The molecule has 1 aromatic heterocycles. The summed E-state index contributed by atoms with van der Waals surface area (Å²) >= 11 is 0. The van der Waals surface area contributed by atoms with Crippen LogP contribution in [0, 0.1) is 0 Å². The fraction of sp³-hybridized carbons (Fsp3) is 0.261. The Labute approximate surface area is 169 Å². The minimum absolute atomic E-state index is 0.0174. The van der Waals surface area contributed by atoms with Crippen LogP contribution in [0.3, 0.4) is 0 Å². The summed E-state index contributed by atoms with van der Waals surface area (Å²) in [5.41, 5.74) is 3.42. The van der Waals surface area contributed by atoms with Crippen molar-refractivity contribution in [3.63, 3.8) is 0 Å². The second-order valence-corrected chi connectivity index (χ2v) is 6.38. The van der Waals surface area contributed by atoms with Gasteiger partial charge in [0.05, 0.1) is 24.3 Å². The first kappa shape index (κ1) is 20.5. The highest BCUT2D eigenvalue weighted by atomic mass is 16.5. The minimum atomic E-state index is -0.959. The molecule has 1 saturated heterocycles. The van der Waals surface area contributed by atoms with E-state index in [0.717, 1.165) is 22.0 Å². The minimum Gasteiger partial charge on any atom is -0.478 e. The number of nitrogens with zero attached hydrogens (tertiary/aromatic N) is 2. The first-order chi connectivity index (χ1) is 14.1. The summed E-state index contributed by atoms with van der Waals surface area (Å²) in [6, 6.07) is 14.1. The Kier molecular flexibility index (Phi) is 6.57. The van der Waals surface area contributed by atoms with Crippen molar-refractivity contribution in [3.8, 4) is 11.1 Å². The number of carbonyl (C=O) groups is 2. The largest absolute Gasteiger partial charge is 0.478 e. The van der Waals surface area contributed by atoms with Gasteiger partial charge >= 0.3 is 5.97 Å². The smallest absolute Gasteiger partial charge is 0.335 e. The molecule has 0 spiro atoms. The van der Waals surface area contributed by atoms with E-state index in [2.05, 4.69) is 4.98 Å². The predicted octanol–water partition coefficient (Wildman–Crippen LogP) is 4.10. The fourth-order valence-corrected chi connectivity index (χ4v) is 3.27. The fourth-order valence-electron chi connectivity index (χ4n) is 3.27. The zero-order valence-corrected chi connectivity index (χ0v) is 16.6. The number of aromatic nitrogens is 1. The van der Waals surface area contributed by atoms with Crippen molar-refractivity contribution >= 4 is 22.8 Å². The van der Waals surface area contributed by atoms with E-state index in [1.165, 1.54) is 0 Å².